The SMILES string of the molecule is Cl.NC1(COc2cc(Cl)ccc2Cl)CC1. The van der Waals surface area contributed by atoms with Gasteiger partial charge in [0.05, 0.1) is 10.6 Å². The summed E-state index contributed by atoms with van der Waals surface area (Å²) < 4.78 is 5.50. The quantitative estimate of drug-likeness (QED) is 0.913. The van der Waals surface area contributed by atoms with E-state index in [-0.39, 0.29) is 17.9 Å². The average Bonchev–Trinajstić information content (AvgIpc) is 2.87. The molecule has 2 nitrogen and oxygen atoms in total. The molecule has 0 unspecified atom stereocenters. The second-order valence-electron chi connectivity index (χ2n) is 3.73. The summed E-state index contributed by atoms with van der Waals surface area (Å²) in [5, 5.41) is 1.19. The van der Waals surface area contributed by atoms with Crippen LogP contribution in [0.15, 0.2) is 18.2 Å². The molecule has 1 aliphatic rings. The van der Waals surface area contributed by atoms with Crippen LogP contribution in [0.3, 0.4) is 0 Å². The minimum atomic E-state index is -0.133. The van der Waals surface area contributed by atoms with Gasteiger partial charge in [-0.05, 0) is 25.0 Å². The lowest BCUT2D eigenvalue weighted by atomic mass is 10.3. The molecule has 1 fully saturated rings. The molecular weight excluding hydrogens is 256 g/mol. The van der Waals surface area contributed by atoms with E-state index in [1.807, 2.05) is 0 Å². The molecule has 0 atom stereocenters. The lowest BCUT2D eigenvalue weighted by Crippen LogP contribution is -2.29. The molecule has 2 rings (SSSR count). The maximum absolute atomic E-state index is 5.92. The van der Waals surface area contributed by atoms with Crippen LogP contribution in [0.2, 0.25) is 10.0 Å². The van der Waals surface area contributed by atoms with E-state index in [1.54, 1.807) is 18.2 Å². The van der Waals surface area contributed by atoms with Crippen molar-refractivity contribution in [3.8, 4) is 5.75 Å². The minimum absolute atomic E-state index is 0. The zero-order chi connectivity index (χ0) is 10.2. The van der Waals surface area contributed by atoms with E-state index < -0.39 is 0 Å². The third kappa shape index (κ3) is 3.42. The van der Waals surface area contributed by atoms with E-state index in [4.69, 9.17) is 33.7 Å². The van der Waals surface area contributed by atoms with Crippen LogP contribution in [0.1, 0.15) is 12.8 Å². The first-order valence-electron chi connectivity index (χ1n) is 4.46. The van der Waals surface area contributed by atoms with Gasteiger partial charge in [-0.2, -0.15) is 0 Å². The Balaban J connectivity index is 0.00000112. The molecule has 84 valence electrons. The van der Waals surface area contributed by atoms with Crippen LogP contribution in [0.5, 0.6) is 5.75 Å². The molecule has 0 aliphatic heterocycles. The Morgan fingerprint density at radius 2 is 2.00 bits per heavy atom. The van der Waals surface area contributed by atoms with Gasteiger partial charge in [0.1, 0.15) is 12.4 Å². The Kier molecular flexibility index (Phi) is 4.13. The van der Waals surface area contributed by atoms with Crippen LogP contribution in [-0.2, 0) is 0 Å². The Hall–Kier alpha value is -0.150. The van der Waals surface area contributed by atoms with Crippen molar-refractivity contribution in [3.05, 3.63) is 28.2 Å². The highest BCUT2D eigenvalue weighted by atomic mass is 35.5. The predicted octanol–water partition coefficient (Wildman–Crippen LogP) is 3.29. The number of nitrogens with two attached hydrogens (primary N) is 1. The van der Waals surface area contributed by atoms with Crippen LogP contribution in [0.25, 0.3) is 0 Å². The third-order valence-electron chi connectivity index (χ3n) is 2.30. The number of hydrogen-bond donors (Lipinski definition) is 1. The highest BCUT2D eigenvalue weighted by molar-refractivity contribution is 6.34. The molecule has 0 heterocycles. The van der Waals surface area contributed by atoms with E-state index in [1.165, 1.54) is 0 Å². The summed E-state index contributed by atoms with van der Waals surface area (Å²) in [5.74, 6) is 0.607. The van der Waals surface area contributed by atoms with E-state index in [9.17, 15) is 0 Å². The largest absolute Gasteiger partial charge is 0.490 e. The Morgan fingerprint density at radius 1 is 1.33 bits per heavy atom. The van der Waals surface area contributed by atoms with Gasteiger partial charge in [-0.15, -0.1) is 12.4 Å². The lowest BCUT2D eigenvalue weighted by molar-refractivity contribution is 0.279. The fourth-order valence-electron chi connectivity index (χ4n) is 1.11. The number of halogens is 3. The smallest absolute Gasteiger partial charge is 0.139 e. The number of rotatable bonds is 3. The van der Waals surface area contributed by atoms with E-state index >= 15 is 0 Å². The maximum Gasteiger partial charge on any atom is 0.139 e. The summed E-state index contributed by atoms with van der Waals surface area (Å²) >= 11 is 11.7. The minimum Gasteiger partial charge on any atom is -0.490 e. The maximum atomic E-state index is 5.92. The van der Waals surface area contributed by atoms with Crippen molar-refractivity contribution < 1.29 is 4.74 Å². The van der Waals surface area contributed by atoms with Crippen LogP contribution < -0.4 is 10.5 Å². The van der Waals surface area contributed by atoms with Gasteiger partial charge in [0, 0.05) is 11.1 Å². The van der Waals surface area contributed by atoms with Crippen LogP contribution in [0.4, 0.5) is 0 Å². The topological polar surface area (TPSA) is 35.2 Å². The van der Waals surface area contributed by atoms with Gasteiger partial charge in [-0.25, -0.2) is 0 Å². The van der Waals surface area contributed by atoms with Crippen molar-refractivity contribution in [2.45, 2.75) is 18.4 Å². The molecule has 5 heteroatoms. The number of ether oxygens (including phenoxy) is 1. The molecule has 15 heavy (non-hydrogen) atoms. The van der Waals surface area contributed by atoms with Gasteiger partial charge in [0.15, 0.2) is 0 Å². The van der Waals surface area contributed by atoms with Gasteiger partial charge >= 0.3 is 0 Å². The summed E-state index contributed by atoms with van der Waals surface area (Å²) in [4.78, 5) is 0. The Morgan fingerprint density at radius 3 is 2.60 bits per heavy atom. The molecular formula is C10H12Cl3NO. The van der Waals surface area contributed by atoms with Crippen molar-refractivity contribution >= 4 is 35.6 Å². The van der Waals surface area contributed by atoms with Gasteiger partial charge in [0.25, 0.3) is 0 Å². The predicted molar refractivity (Wildman–Crippen MR) is 65.4 cm³/mol. The molecule has 0 aromatic heterocycles. The van der Waals surface area contributed by atoms with Gasteiger partial charge in [0.2, 0.25) is 0 Å². The molecule has 0 spiro atoms. The van der Waals surface area contributed by atoms with Crippen LogP contribution in [0, 0.1) is 0 Å². The monoisotopic (exact) mass is 267 g/mol. The second-order valence-corrected chi connectivity index (χ2v) is 4.57. The zero-order valence-corrected chi connectivity index (χ0v) is 10.3. The fraction of sp³-hybridized carbons (Fsp3) is 0.400. The first-order chi connectivity index (χ1) is 6.59. The molecule has 2 N–H and O–H groups in total. The first kappa shape index (κ1) is 12.9. The van der Waals surface area contributed by atoms with Crippen molar-refractivity contribution in [1.29, 1.82) is 0 Å². The average molecular weight is 269 g/mol. The van der Waals surface area contributed by atoms with E-state index in [0.29, 0.717) is 22.4 Å². The van der Waals surface area contributed by atoms with Gasteiger partial charge < -0.3 is 10.5 Å². The summed E-state index contributed by atoms with van der Waals surface area (Å²) in [5.41, 5.74) is 5.75. The van der Waals surface area contributed by atoms with Crippen molar-refractivity contribution in [1.82, 2.24) is 0 Å². The second kappa shape index (κ2) is 4.79. The molecule has 0 amide bonds. The first-order valence-corrected chi connectivity index (χ1v) is 5.21. The van der Waals surface area contributed by atoms with Crippen LogP contribution >= 0.6 is 35.6 Å². The molecule has 0 bridgehead atoms. The number of benzene rings is 1. The summed E-state index contributed by atoms with van der Waals surface area (Å²) in [6.45, 7) is 0.507. The Bertz CT molecular complexity index is 353. The standard InChI is InChI=1S/C10H11Cl2NO.ClH/c11-7-1-2-8(12)9(5-7)14-6-10(13)3-4-10;/h1-2,5H,3-4,6,13H2;1H. The lowest BCUT2D eigenvalue weighted by Gasteiger charge is -2.12. The number of hydrogen-bond acceptors (Lipinski definition) is 2. The van der Waals surface area contributed by atoms with Crippen molar-refractivity contribution in [3.63, 3.8) is 0 Å². The highest BCUT2D eigenvalue weighted by Crippen LogP contribution is 2.34. The summed E-state index contributed by atoms with van der Waals surface area (Å²) in [6, 6.07) is 5.15. The van der Waals surface area contributed by atoms with Gasteiger partial charge in [-0.3, -0.25) is 0 Å². The molecule has 1 aromatic carbocycles. The molecule has 1 aliphatic carbocycles. The van der Waals surface area contributed by atoms with E-state index in [2.05, 4.69) is 0 Å². The molecule has 0 radical (unpaired) electrons. The van der Waals surface area contributed by atoms with E-state index in [0.717, 1.165) is 12.8 Å². The molecule has 1 aromatic rings. The normalized spacial score (nSPS) is 16.7. The van der Waals surface area contributed by atoms with Gasteiger partial charge in [-0.1, -0.05) is 23.2 Å². The van der Waals surface area contributed by atoms with Crippen molar-refractivity contribution in [2.24, 2.45) is 5.73 Å². The highest BCUT2D eigenvalue weighted by Gasteiger charge is 2.39. The van der Waals surface area contributed by atoms with Crippen LogP contribution in [-0.4, -0.2) is 12.1 Å². The zero-order valence-electron chi connectivity index (χ0n) is 8.00. The summed E-state index contributed by atoms with van der Waals surface area (Å²) in [6.07, 6.45) is 2.04. The fourth-order valence-corrected chi connectivity index (χ4v) is 1.45. The molecule has 1 saturated carbocycles. The van der Waals surface area contributed by atoms with Crippen molar-refractivity contribution in [2.75, 3.05) is 6.61 Å². The Labute approximate surface area is 105 Å². The molecule has 0 saturated heterocycles. The third-order valence-corrected chi connectivity index (χ3v) is 2.85. The summed E-state index contributed by atoms with van der Waals surface area (Å²) in [7, 11) is 0.